The summed E-state index contributed by atoms with van der Waals surface area (Å²) in [4.78, 5) is 26.4. The van der Waals surface area contributed by atoms with Gasteiger partial charge in [0, 0.05) is 30.7 Å². The minimum Gasteiger partial charge on any atom is -0.348 e. The van der Waals surface area contributed by atoms with Crippen LogP contribution in [0.5, 0.6) is 0 Å². The van der Waals surface area contributed by atoms with Crippen LogP contribution in [-0.2, 0) is 0 Å². The second kappa shape index (κ2) is 6.41. The topological polar surface area (TPSA) is 75.5 Å². The Balaban J connectivity index is 1.53. The zero-order valence-electron chi connectivity index (χ0n) is 14.6. The Bertz CT molecular complexity index is 687. The average Bonchev–Trinajstić information content (AvgIpc) is 3.38. The van der Waals surface area contributed by atoms with Gasteiger partial charge in [-0.3, -0.25) is 19.8 Å². The molecule has 2 saturated carbocycles. The van der Waals surface area contributed by atoms with E-state index in [0.717, 1.165) is 32.0 Å². The number of fused-ring (bicyclic) bond motifs is 2. The molecule has 0 spiro atoms. The molecule has 1 aromatic rings. The number of nitro benzene ring substituents is 1. The fourth-order valence-corrected chi connectivity index (χ4v) is 4.76. The molecule has 3 aliphatic rings. The zero-order chi connectivity index (χ0) is 17.6. The summed E-state index contributed by atoms with van der Waals surface area (Å²) in [6.07, 6.45) is 6.13. The predicted molar refractivity (Wildman–Crippen MR) is 94.5 cm³/mol. The summed E-state index contributed by atoms with van der Waals surface area (Å²) in [6, 6.07) is 5.87. The van der Waals surface area contributed by atoms with Gasteiger partial charge in [0.2, 0.25) is 0 Å². The van der Waals surface area contributed by atoms with Gasteiger partial charge in [-0.25, -0.2) is 0 Å². The maximum Gasteiger partial charge on any atom is 0.285 e. The quantitative estimate of drug-likeness (QED) is 0.674. The molecular formula is C19H25N3O3. The molecule has 2 bridgehead atoms. The SMILES string of the molecule is Cc1cccc(C(=O)NC2C3CCCC2CN(C2CC2)C3)c1[N+](=O)[O-]. The molecule has 2 unspecified atom stereocenters. The first-order valence-corrected chi connectivity index (χ1v) is 9.33. The summed E-state index contributed by atoms with van der Waals surface area (Å²) >= 11 is 0. The van der Waals surface area contributed by atoms with Gasteiger partial charge in [-0.1, -0.05) is 18.6 Å². The number of nitrogens with one attached hydrogen (secondary N) is 1. The molecule has 6 nitrogen and oxygen atoms in total. The molecular weight excluding hydrogens is 318 g/mol. The van der Waals surface area contributed by atoms with Crippen LogP contribution in [0, 0.1) is 28.9 Å². The molecule has 1 N–H and O–H groups in total. The number of piperidine rings is 1. The molecule has 1 aromatic carbocycles. The lowest BCUT2D eigenvalue weighted by atomic mass is 9.73. The number of nitrogens with zero attached hydrogens (tertiary/aromatic N) is 2. The highest BCUT2D eigenvalue weighted by molar-refractivity contribution is 5.98. The van der Waals surface area contributed by atoms with Crippen LogP contribution in [0.2, 0.25) is 0 Å². The Morgan fingerprint density at radius 3 is 2.48 bits per heavy atom. The predicted octanol–water partition coefficient (Wildman–Crippen LogP) is 2.90. The van der Waals surface area contributed by atoms with Crippen LogP contribution in [0.15, 0.2) is 18.2 Å². The van der Waals surface area contributed by atoms with E-state index in [9.17, 15) is 14.9 Å². The maximum absolute atomic E-state index is 12.8. The minimum absolute atomic E-state index is 0.0689. The Morgan fingerprint density at radius 1 is 1.20 bits per heavy atom. The second-order valence-corrected chi connectivity index (χ2v) is 7.86. The van der Waals surface area contributed by atoms with E-state index in [1.807, 2.05) is 0 Å². The van der Waals surface area contributed by atoms with Crippen molar-refractivity contribution >= 4 is 11.6 Å². The number of nitro groups is 1. The van der Waals surface area contributed by atoms with Gasteiger partial charge >= 0.3 is 0 Å². The van der Waals surface area contributed by atoms with Crippen LogP contribution in [0.1, 0.15) is 48.0 Å². The monoisotopic (exact) mass is 343 g/mol. The first kappa shape index (κ1) is 16.5. The number of hydrogen-bond acceptors (Lipinski definition) is 4. The highest BCUT2D eigenvalue weighted by Gasteiger charge is 2.44. The highest BCUT2D eigenvalue weighted by atomic mass is 16.6. The van der Waals surface area contributed by atoms with Crippen LogP contribution in [0.4, 0.5) is 5.69 Å². The van der Waals surface area contributed by atoms with Crippen LogP contribution < -0.4 is 5.32 Å². The molecule has 6 heteroatoms. The standard InChI is InChI=1S/C19H25N3O3/c1-12-4-2-7-16(18(12)22(24)25)19(23)20-17-13-5-3-6-14(17)11-21(10-13)15-8-9-15/h2,4,7,13-15,17H,3,5-6,8-11H2,1H3,(H,20,23). The van der Waals surface area contributed by atoms with Gasteiger partial charge in [0.25, 0.3) is 11.6 Å². The number of likely N-dealkylation sites (tertiary alicyclic amines) is 1. The van der Waals surface area contributed by atoms with Crippen molar-refractivity contribution in [1.82, 2.24) is 10.2 Å². The Hall–Kier alpha value is -1.95. The van der Waals surface area contributed by atoms with E-state index in [4.69, 9.17) is 0 Å². The normalized spacial score (nSPS) is 29.2. The summed E-state index contributed by atoms with van der Waals surface area (Å²) in [7, 11) is 0. The lowest BCUT2D eigenvalue weighted by Gasteiger charge is -2.47. The van der Waals surface area contributed by atoms with Crippen molar-refractivity contribution in [3.63, 3.8) is 0 Å². The third-order valence-corrected chi connectivity index (χ3v) is 6.13. The highest BCUT2D eigenvalue weighted by Crippen LogP contribution is 2.39. The summed E-state index contributed by atoms with van der Waals surface area (Å²) in [5.74, 6) is 0.652. The third-order valence-electron chi connectivity index (χ3n) is 6.13. The maximum atomic E-state index is 12.8. The van der Waals surface area contributed by atoms with E-state index in [1.54, 1.807) is 25.1 Å². The van der Waals surface area contributed by atoms with Gasteiger partial charge < -0.3 is 5.32 Å². The van der Waals surface area contributed by atoms with Crippen molar-refractivity contribution in [2.75, 3.05) is 13.1 Å². The average molecular weight is 343 g/mol. The summed E-state index contributed by atoms with van der Waals surface area (Å²) in [6.45, 7) is 3.79. The van der Waals surface area contributed by atoms with E-state index >= 15 is 0 Å². The second-order valence-electron chi connectivity index (χ2n) is 7.86. The molecule has 1 heterocycles. The number of carbonyl (C=O) groups is 1. The van der Waals surface area contributed by atoms with E-state index in [0.29, 0.717) is 17.4 Å². The molecule has 1 amide bonds. The van der Waals surface area contributed by atoms with Gasteiger partial charge in [0.05, 0.1) is 4.92 Å². The largest absolute Gasteiger partial charge is 0.348 e. The number of hydrogen-bond donors (Lipinski definition) is 1. The van der Waals surface area contributed by atoms with Crippen LogP contribution in [-0.4, -0.2) is 40.9 Å². The fourth-order valence-electron chi connectivity index (χ4n) is 4.76. The summed E-state index contributed by atoms with van der Waals surface area (Å²) in [5, 5.41) is 14.5. The lowest BCUT2D eigenvalue weighted by molar-refractivity contribution is -0.385. The van der Waals surface area contributed by atoms with Crippen LogP contribution in [0.25, 0.3) is 0 Å². The number of para-hydroxylation sites is 1. The molecule has 0 radical (unpaired) electrons. The molecule has 2 atom stereocenters. The number of benzene rings is 1. The van der Waals surface area contributed by atoms with E-state index < -0.39 is 4.92 Å². The first-order chi connectivity index (χ1) is 12.0. The van der Waals surface area contributed by atoms with Gasteiger partial charge in [-0.2, -0.15) is 0 Å². The molecule has 1 aliphatic heterocycles. The molecule has 134 valence electrons. The summed E-state index contributed by atoms with van der Waals surface area (Å²) < 4.78 is 0. The van der Waals surface area contributed by atoms with E-state index in [2.05, 4.69) is 10.2 Å². The Labute approximate surface area is 147 Å². The van der Waals surface area contributed by atoms with Crippen molar-refractivity contribution in [2.45, 2.75) is 51.1 Å². The Morgan fingerprint density at radius 2 is 1.88 bits per heavy atom. The van der Waals surface area contributed by atoms with Crippen molar-refractivity contribution in [2.24, 2.45) is 11.8 Å². The summed E-state index contributed by atoms with van der Waals surface area (Å²) in [5.41, 5.74) is 0.648. The van der Waals surface area contributed by atoms with Crippen molar-refractivity contribution < 1.29 is 9.72 Å². The molecule has 1 saturated heterocycles. The van der Waals surface area contributed by atoms with Crippen molar-refractivity contribution in [3.05, 3.63) is 39.4 Å². The zero-order valence-corrected chi connectivity index (χ0v) is 14.6. The Kier molecular flexibility index (Phi) is 4.23. The molecule has 0 aromatic heterocycles. The lowest BCUT2D eigenvalue weighted by Crippen LogP contribution is -2.58. The molecule has 2 aliphatic carbocycles. The van der Waals surface area contributed by atoms with Gasteiger partial charge in [0.15, 0.2) is 0 Å². The fraction of sp³-hybridized carbons (Fsp3) is 0.632. The third kappa shape index (κ3) is 3.15. The first-order valence-electron chi connectivity index (χ1n) is 9.33. The number of rotatable bonds is 4. The molecule has 4 rings (SSSR count). The molecule has 3 fully saturated rings. The van der Waals surface area contributed by atoms with E-state index in [1.165, 1.54) is 19.3 Å². The van der Waals surface area contributed by atoms with Gasteiger partial charge in [-0.05, 0) is 50.5 Å². The van der Waals surface area contributed by atoms with Crippen LogP contribution >= 0.6 is 0 Å². The van der Waals surface area contributed by atoms with E-state index in [-0.39, 0.29) is 23.2 Å². The number of aryl methyl sites for hydroxylation is 1. The van der Waals surface area contributed by atoms with Crippen molar-refractivity contribution in [3.8, 4) is 0 Å². The van der Waals surface area contributed by atoms with Gasteiger partial charge in [-0.15, -0.1) is 0 Å². The minimum atomic E-state index is -0.444. The van der Waals surface area contributed by atoms with Crippen LogP contribution in [0.3, 0.4) is 0 Å². The van der Waals surface area contributed by atoms with Crippen molar-refractivity contribution in [1.29, 1.82) is 0 Å². The molecule has 25 heavy (non-hydrogen) atoms. The van der Waals surface area contributed by atoms with Gasteiger partial charge in [0.1, 0.15) is 5.56 Å². The smallest absolute Gasteiger partial charge is 0.285 e. The number of amides is 1. The number of carbonyl (C=O) groups excluding carboxylic acids is 1.